The molecular formula is C16H19F11O3. The van der Waals surface area contributed by atoms with Gasteiger partial charge in [-0.1, -0.05) is 33.3 Å². The molecular weight excluding hydrogens is 449 g/mol. The van der Waals surface area contributed by atoms with Gasteiger partial charge in [0.1, 0.15) is 0 Å². The van der Waals surface area contributed by atoms with Crippen LogP contribution in [0.1, 0.15) is 33.1 Å². The second-order valence-electron chi connectivity index (χ2n) is 6.45. The van der Waals surface area contributed by atoms with E-state index in [0.717, 1.165) is 0 Å². The molecule has 178 valence electrons. The predicted octanol–water partition coefficient (Wildman–Crippen LogP) is 5.38. The highest BCUT2D eigenvalue weighted by atomic mass is 19.4. The quantitative estimate of drug-likeness (QED) is 0.252. The van der Waals surface area contributed by atoms with Crippen LogP contribution in [0.4, 0.5) is 48.3 Å². The molecule has 0 fully saturated rings. The molecule has 0 aromatic carbocycles. The Morgan fingerprint density at radius 3 is 1.67 bits per heavy atom. The molecule has 0 spiro atoms. The van der Waals surface area contributed by atoms with Gasteiger partial charge in [0, 0.05) is 12.0 Å². The average Bonchev–Trinajstić information content (AvgIpc) is 2.59. The van der Waals surface area contributed by atoms with E-state index in [0.29, 0.717) is 12.8 Å². The summed E-state index contributed by atoms with van der Waals surface area (Å²) in [4.78, 5) is 11.5. The summed E-state index contributed by atoms with van der Waals surface area (Å²) in [6.45, 7) is 3.43. The van der Waals surface area contributed by atoms with E-state index in [1.54, 1.807) is 13.8 Å². The molecule has 0 bridgehead atoms. The highest BCUT2D eigenvalue weighted by Gasteiger charge is 2.87. The minimum absolute atomic E-state index is 0.372. The molecule has 0 aliphatic rings. The molecule has 1 N–H and O–H groups in total. The van der Waals surface area contributed by atoms with Crippen LogP contribution in [-0.2, 0) is 9.53 Å². The fraction of sp³-hybridized carbons (Fsp3) is 0.812. The Morgan fingerprint density at radius 2 is 1.30 bits per heavy atom. The SMILES string of the molecule is C=C(CC(O)C(CC)CC)C(=O)OCC(F)(F)C(F)(F)C(F)(F)C(F)(F)C(F)(F)F. The number of hydrogen-bond acceptors (Lipinski definition) is 3. The van der Waals surface area contributed by atoms with Crippen molar-refractivity contribution in [1.29, 1.82) is 0 Å². The fourth-order valence-electron chi connectivity index (χ4n) is 2.29. The number of aliphatic hydroxyl groups is 1. The third-order valence-corrected chi connectivity index (χ3v) is 4.33. The van der Waals surface area contributed by atoms with Crippen molar-refractivity contribution in [2.45, 2.75) is 69.1 Å². The summed E-state index contributed by atoms with van der Waals surface area (Å²) in [5.74, 6) is -30.9. The number of rotatable bonds is 11. The first-order valence-corrected chi connectivity index (χ1v) is 8.32. The van der Waals surface area contributed by atoms with Gasteiger partial charge in [0.15, 0.2) is 6.61 Å². The standard InChI is InChI=1S/C16H19F11O3/c1-4-9(5-2)10(28)6-8(3)11(29)30-7-12(17,18)13(19,20)14(21,22)15(23,24)16(25,26)27/h9-10,28H,3-7H2,1-2H3. The van der Waals surface area contributed by atoms with Gasteiger partial charge in [0.25, 0.3) is 0 Å². The van der Waals surface area contributed by atoms with E-state index in [9.17, 15) is 58.2 Å². The van der Waals surface area contributed by atoms with Crippen LogP contribution in [-0.4, -0.2) is 53.7 Å². The molecule has 1 unspecified atom stereocenters. The lowest BCUT2D eigenvalue weighted by atomic mass is 9.92. The molecule has 0 saturated heterocycles. The smallest absolute Gasteiger partial charge is 0.456 e. The molecule has 0 amide bonds. The van der Waals surface area contributed by atoms with Gasteiger partial charge in [0.2, 0.25) is 0 Å². The number of aliphatic hydroxyl groups excluding tert-OH is 1. The molecule has 0 saturated carbocycles. The fourth-order valence-corrected chi connectivity index (χ4v) is 2.29. The molecule has 0 heterocycles. The van der Waals surface area contributed by atoms with Crippen LogP contribution < -0.4 is 0 Å². The van der Waals surface area contributed by atoms with E-state index in [1.165, 1.54) is 0 Å². The zero-order valence-electron chi connectivity index (χ0n) is 15.6. The van der Waals surface area contributed by atoms with Crippen molar-refractivity contribution in [2.24, 2.45) is 5.92 Å². The number of ether oxygens (including phenoxy) is 1. The highest BCUT2D eigenvalue weighted by molar-refractivity contribution is 5.87. The number of esters is 1. The Morgan fingerprint density at radius 1 is 0.867 bits per heavy atom. The summed E-state index contributed by atoms with van der Waals surface area (Å²) in [7, 11) is 0. The largest absolute Gasteiger partial charge is 0.460 e. The van der Waals surface area contributed by atoms with E-state index in [-0.39, 0.29) is 5.92 Å². The third-order valence-electron chi connectivity index (χ3n) is 4.33. The Balaban J connectivity index is 5.39. The summed E-state index contributed by atoms with van der Waals surface area (Å²) in [5, 5.41) is 9.83. The first-order chi connectivity index (χ1) is 13.2. The molecule has 0 aliphatic heterocycles. The van der Waals surface area contributed by atoms with Gasteiger partial charge in [0.05, 0.1) is 6.10 Å². The van der Waals surface area contributed by atoms with Gasteiger partial charge in [-0.2, -0.15) is 48.3 Å². The van der Waals surface area contributed by atoms with Crippen LogP contribution in [0, 0.1) is 5.92 Å². The van der Waals surface area contributed by atoms with Crippen LogP contribution in [0.15, 0.2) is 12.2 Å². The van der Waals surface area contributed by atoms with E-state index in [4.69, 9.17) is 0 Å². The van der Waals surface area contributed by atoms with E-state index < -0.39 is 60.5 Å². The molecule has 0 aromatic heterocycles. The van der Waals surface area contributed by atoms with Crippen LogP contribution in [0.5, 0.6) is 0 Å². The maximum absolute atomic E-state index is 13.5. The molecule has 0 aromatic rings. The summed E-state index contributed by atoms with van der Waals surface area (Å²) in [6.07, 6.45) is -8.22. The van der Waals surface area contributed by atoms with Crippen molar-refractivity contribution >= 4 is 5.97 Å². The molecule has 0 rings (SSSR count). The Hall–Kier alpha value is -1.60. The number of halogens is 11. The summed E-state index contributed by atoms with van der Waals surface area (Å²) >= 11 is 0. The molecule has 14 heteroatoms. The molecule has 1 atom stereocenters. The normalized spacial score (nSPS) is 15.3. The number of alkyl halides is 11. The highest BCUT2D eigenvalue weighted by Crippen LogP contribution is 2.57. The van der Waals surface area contributed by atoms with Gasteiger partial charge < -0.3 is 9.84 Å². The lowest BCUT2D eigenvalue weighted by molar-refractivity contribution is -0.423. The van der Waals surface area contributed by atoms with Crippen molar-refractivity contribution in [3.05, 3.63) is 12.2 Å². The Bertz CT molecular complexity index is 610. The minimum atomic E-state index is -7.57. The van der Waals surface area contributed by atoms with Crippen LogP contribution in [0.25, 0.3) is 0 Å². The lowest BCUT2D eigenvalue weighted by Crippen LogP contribution is -2.67. The van der Waals surface area contributed by atoms with Crippen molar-refractivity contribution in [3.63, 3.8) is 0 Å². The summed E-state index contributed by atoms with van der Waals surface area (Å²) < 4.78 is 145. The zero-order chi connectivity index (χ0) is 24.3. The van der Waals surface area contributed by atoms with Gasteiger partial charge in [-0.3, -0.25) is 0 Å². The number of carbonyl (C=O) groups is 1. The minimum Gasteiger partial charge on any atom is -0.456 e. The van der Waals surface area contributed by atoms with Crippen molar-refractivity contribution in [2.75, 3.05) is 6.61 Å². The maximum atomic E-state index is 13.5. The van der Waals surface area contributed by atoms with E-state index >= 15 is 0 Å². The van der Waals surface area contributed by atoms with Crippen molar-refractivity contribution in [3.8, 4) is 0 Å². The first-order valence-electron chi connectivity index (χ1n) is 8.32. The van der Waals surface area contributed by atoms with Gasteiger partial charge >= 0.3 is 35.8 Å². The van der Waals surface area contributed by atoms with Gasteiger partial charge in [-0.15, -0.1) is 0 Å². The van der Waals surface area contributed by atoms with Gasteiger partial charge in [-0.05, 0) is 5.92 Å². The third kappa shape index (κ3) is 5.35. The number of hydrogen-bond donors (Lipinski definition) is 1. The van der Waals surface area contributed by atoms with Crippen molar-refractivity contribution in [1.82, 2.24) is 0 Å². The van der Waals surface area contributed by atoms with E-state index in [1.807, 2.05) is 0 Å². The molecule has 0 radical (unpaired) electrons. The average molecular weight is 468 g/mol. The Kier molecular flexibility index (Phi) is 8.77. The first kappa shape index (κ1) is 28.4. The van der Waals surface area contributed by atoms with Crippen LogP contribution in [0.3, 0.4) is 0 Å². The lowest BCUT2D eigenvalue weighted by Gasteiger charge is -2.36. The van der Waals surface area contributed by atoms with Gasteiger partial charge in [-0.25, -0.2) is 4.79 Å². The maximum Gasteiger partial charge on any atom is 0.460 e. The molecule has 30 heavy (non-hydrogen) atoms. The molecule has 0 aliphatic carbocycles. The van der Waals surface area contributed by atoms with Crippen molar-refractivity contribution < 1.29 is 62.9 Å². The Labute approximate surface area is 163 Å². The predicted molar refractivity (Wildman–Crippen MR) is 80.6 cm³/mol. The molecule has 3 nitrogen and oxygen atoms in total. The number of carbonyl (C=O) groups excluding carboxylic acids is 1. The van der Waals surface area contributed by atoms with Crippen LogP contribution in [0.2, 0.25) is 0 Å². The van der Waals surface area contributed by atoms with Crippen LogP contribution >= 0.6 is 0 Å². The topological polar surface area (TPSA) is 46.5 Å². The second kappa shape index (κ2) is 9.27. The van der Waals surface area contributed by atoms with E-state index in [2.05, 4.69) is 11.3 Å². The summed E-state index contributed by atoms with van der Waals surface area (Å²) in [5.41, 5.74) is -0.735. The zero-order valence-corrected chi connectivity index (χ0v) is 15.6. The monoisotopic (exact) mass is 468 g/mol. The summed E-state index contributed by atoms with van der Waals surface area (Å²) in [6, 6.07) is 0. The second-order valence-corrected chi connectivity index (χ2v) is 6.45.